The number of carbonyl (C=O) groups is 3. The smallest absolute Gasteiger partial charge is 0.334 e. The Morgan fingerprint density at radius 1 is 1.59 bits per heavy atom. The molecule has 0 unspecified atom stereocenters. The van der Waals surface area contributed by atoms with Crippen molar-refractivity contribution in [2.24, 2.45) is 5.92 Å². The second-order valence-electron chi connectivity index (χ2n) is 4.55. The van der Waals surface area contributed by atoms with Crippen molar-refractivity contribution in [3.8, 4) is 6.07 Å². The summed E-state index contributed by atoms with van der Waals surface area (Å²) in [6, 6.07) is 4.63. The molecular weight excluding hydrogens is 310 g/mol. The van der Waals surface area contributed by atoms with Crippen LogP contribution >= 0.6 is 12.2 Å². The number of methoxy groups -OCH3 is 1. The molecule has 1 amide bonds. The number of carbonyl (C=O) groups excluding carboxylic acids is 3. The average Bonchev–Trinajstić information content (AvgIpc) is 3.00. The Labute approximate surface area is 130 Å². The maximum atomic E-state index is 12.2. The summed E-state index contributed by atoms with van der Waals surface area (Å²) in [4.78, 5) is 36.4. The molecule has 9 heteroatoms. The largest absolute Gasteiger partial charge is 0.467 e. The van der Waals surface area contributed by atoms with E-state index in [1.54, 1.807) is 6.07 Å². The van der Waals surface area contributed by atoms with E-state index in [-0.39, 0.29) is 10.9 Å². The van der Waals surface area contributed by atoms with Crippen molar-refractivity contribution >= 4 is 35.0 Å². The highest BCUT2D eigenvalue weighted by Crippen LogP contribution is 2.28. The van der Waals surface area contributed by atoms with E-state index >= 15 is 0 Å². The SMILES string of the molecule is COC(=O)[C@@]1(CC(=O)c2ccco2)NC(=S)NC(=O)[C@@H]1C#N. The molecule has 0 saturated carbocycles. The number of furan rings is 1. The Hall–Kier alpha value is -2.73. The van der Waals surface area contributed by atoms with Gasteiger partial charge in [-0.2, -0.15) is 5.26 Å². The van der Waals surface area contributed by atoms with Crippen LogP contribution in [0, 0.1) is 17.2 Å². The molecule has 2 N–H and O–H groups in total. The third-order valence-electron chi connectivity index (χ3n) is 3.24. The number of Topliss-reactive ketones (excluding diaryl/α,β-unsaturated/α-hetero) is 1. The number of amides is 1. The molecule has 1 aromatic rings. The molecule has 0 spiro atoms. The van der Waals surface area contributed by atoms with E-state index in [9.17, 15) is 19.6 Å². The van der Waals surface area contributed by atoms with Crippen molar-refractivity contribution in [1.29, 1.82) is 5.26 Å². The van der Waals surface area contributed by atoms with E-state index in [0.717, 1.165) is 7.11 Å². The van der Waals surface area contributed by atoms with Crippen molar-refractivity contribution in [2.45, 2.75) is 12.0 Å². The number of esters is 1. The van der Waals surface area contributed by atoms with Crippen LogP contribution in [0.4, 0.5) is 0 Å². The van der Waals surface area contributed by atoms with Gasteiger partial charge in [-0.3, -0.25) is 9.59 Å². The van der Waals surface area contributed by atoms with Crippen molar-refractivity contribution in [2.75, 3.05) is 7.11 Å². The maximum absolute atomic E-state index is 12.2. The quantitative estimate of drug-likeness (QED) is 0.448. The van der Waals surface area contributed by atoms with Gasteiger partial charge in [-0.25, -0.2) is 4.79 Å². The van der Waals surface area contributed by atoms with E-state index < -0.39 is 35.5 Å². The van der Waals surface area contributed by atoms with Gasteiger partial charge in [0.1, 0.15) is 0 Å². The molecule has 22 heavy (non-hydrogen) atoms. The molecular formula is C13H11N3O5S. The lowest BCUT2D eigenvalue weighted by molar-refractivity contribution is -0.152. The minimum atomic E-state index is -1.90. The lowest BCUT2D eigenvalue weighted by atomic mass is 9.78. The number of thiocarbonyl (C=S) groups is 1. The average molecular weight is 321 g/mol. The fourth-order valence-electron chi connectivity index (χ4n) is 2.23. The fourth-order valence-corrected chi connectivity index (χ4v) is 2.51. The fraction of sp³-hybridized carbons (Fsp3) is 0.308. The third-order valence-corrected chi connectivity index (χ3v) is 3.45. The molecule has 2 rings (SSSR count). The summed E-state index contributed by atoms with van der Waals surface area (Å²) < 4.78 is 9.64. The van der Waals surface area contributed by atoms with E-state index in [0.29, 0.717) is 0 Å². The van der Waals surface area contributed by atoms with Crippen molar-refractivity contribution in [1.82, 2.24) is 10.6 Å². The van der Waals surface area contributed by atoms with Crippen LogP contribution in [-0.2, 0) is 14.3 Å². The number of nitrogens with one attached hydrogen (secondary N) is 2. The second kappa shape index (κ2) is 5.95. The van der Waals surface area contributed by atoms with Crippen molar-refractivity contribution < 1.29 is 23.5 Å². The van der Waals surface area contributed by atoms with Crippen LogP contribution in [0.1, 0.15) is 17.0 Å². The first-order chi connectivity index (χ1) is 10.4. The summed E-state index contributed by atoms with van der Waals surface area (Å²) in [6.07, 6.45) is 0.782. The Morgan fingerprint density at radius 2 is 2.32 bits per heavy atom. The zero-order valence-electron chi connectivity index (χ0n) is 11.4. The summed E-state index contributed by atoms with van der Waals surface area (Å²) in [5.41, 5.74) is -1.90. The predicted molar refractivity (Wildman–Crippen MR) is 75.4 cm³/mol. The summed E-state index contributed by atoms with van der Waals surface area (Å²) >= 11 is 4.86. The first-order valence-corrected chi connectivity index (χ1v) is 6.53. The Kier molecular flexibility index (Phi) is 4.23. The first kappa shape index (κ1) is 15.7. The van der Waals surface area contributed by atoms with Crippen LogP contribution in [0.5, 0.6) is 0 Å². The van der Waals surface area contributed by atoms with E-state index in [1.807, 2.05) is 0 Å². The van der Waals surface area contributed by atoms with Gasteiger partial charge in [0.05, 0.1) is 25.9 Å². The number of hydrogen-bond acceptors (Lipinski definition) is 7. The van der Waals surface area contributed by atoms with Crippen LogP contribution in [0.2, 0.25) is 0 Å². The van der Waals surface area contributed by atoms with Crippen molar-refractivity contribution in [3.63, 3.8) is 0 Å². The van der Waals surface area contributed by atoms with Crippen LogP contribution in [0.15, 0.2) is 22.8 Å². The summed E-state index contributed by atoms with van der Waals surface area (Å²) in [6.45, 7) is 0. The van der Waals surface area contributed by atoms with E-state index in [4.69, 9.17) is 16.6 Å². The van der Waals surface area contributed by atoms with Gasteiger partial charge in [0.25, 0.3) is 0 Å². The van der Waals surface area contributed by atoms with Gasteiger partial charge < -0.3 is 19.8 Å². The first-order valence-electron chi connectivity index (χ1n) is 6.12. The predicted octanol–water partition coefficient (Wildman–Crippen LogP) is -0.0917. The zero-order valence-corrected chi connectivity index (χ0v) is 12.2. The molecule has 114 valence electrons. The third kappa shape index (κ3) is 2.56. The lowest BCUT2D eigenvalue weighted by Gasteiger charge is -2.38. The zero-order chi connectivity index (χ0) is 16.3. The monoisotopic (exact) mass is 321 g/mol. The van der Waals surface area contributed by atoms with Gasteiger partial charge in [-0.1, -0.05) is 0 Å². The maximum Gasteiger partial charge on any atom is 0.334 e. The molecule has 8 nitrogen and oxygen atoms in total. The molecule has 0 aliphatic carbocycles. The molecule has 0 radical (unpaired) electrons. The molecule has 2 heterocycles. The summed E-state index contributed by atoms with van der Waals surface area (Å²) in [7, 11) is 1.09. The number of rotatable bonds is 4. The molecule has 0 aromatic carbocycles. The Bertz CT molecular complexity index is 678. The molecule has 0 bridgehead atoms. The van der Waals surface area contributed by atoms with E-state index in [2.05, 4.69) is 15.4 Å². The van der Waals surface area contributed by atoms with E-state index in [1.165, 1.54) is 18.4 Å². The Morgan fingerprint density at radius 3 is 2.86 bits per heavy atom. The number of ether oxygens (including phenoxy) is 1. The summed E-state index contributed by atoms with van der Waals surface area (Å²) in [5, 5.41) is 13.9. The minimum Gasteiger partial charge on any atom is -0.467 e. The van der Waals surface area contributed by atoms with Crippen LogP contribution in [0.3, 0.4) is 0 Å². The normalized spacial score (nSPS) is 23.9. The second-order valence-corrected chi connectivity index (χ2v) is 4.95. The molecule has 1 aliphatic heterocycles. The summed E-state index contributed by atoms with van der Waals surface area (Å²) in [5.74, 6) is -3.76. The minimum absolute atomic E-state index is 0.00123. The molecule has 1 saturated heterocycles. The van der Waals surface area contributed by atoms with Crippen LogP contribution in [0.25, 0.3) is 0 Å². The molecule has 2 atom stereocenters. The highest BCUT2D eigenvalue weighted by atomic mass is 32.1. The van der Waals surface area contributed by atoms with Crippen LogP contribution in [-0.4, -0.2) is 35.4 Å². The highest BCUT2D eigenvalue weighted by molar-refractivity contribution is 7.80. The number of nitrogens with zero attached hydrogens (tertiary/aromatic N) is 1. The topological polar surface area (TPSA) is 121 Å². The van der Waals surface area contributed by atoms with Gasteiger partial charge in [0.2, 0.25) is 11.7 Å². The molecule has 1 aliphatic rings. The number of hydrogen-bond donors (Lipinski definition) is 2. The van der Waals surface area contributed by atoms with Gasteiger partial charge >= 0.3 is 5.97 Å². The Balaban J connectivity index is 2.45. The van der Waals surface area contributed by atoms with Gasteiger partial charge in [0, 0.05) is 0 Å². The van der Waals surface area contributed by atoms with Gasteiger partial charge in [-0.05, 0) is 24.4 Å². The van der Waals surface area contributed by atoms with Crippen LogP contribution < -0.4 is 10.6 Å². The standard InChI is InChI=1S/C13H11N3O5S/c1-20-11(19)13(5-8(17)9-3-2-4-21-9)7(6-14)10(18)15-12(22)16-13/h2-4,7H,5H2,1H3,(H2,15,16,18,22)/t7-,13-/m0/s1. The van der Waals surface area contributed by atoms with Crippen molar-refractivity contribution in [3.05, 3.63) is 24.2 Å². The molecule has 1 fully saturated rings. The lowest BCUT2D eigenvalue weighted by Crippen LogP contribution is -2.70. The van der Waals surface area contributed by atoms with Gasteiger partial charge in [0.15, 0.2) is 22.3 Å². The molecule has 1 aromatic heterocycles. The highest BCUT2D eigenvalue weighted by Gasteiger charge is 2.55. The van der Waals surface area contributed by atoms with Gasteiger partial charge in [-0.15, -0.1) is 0 Å². The number of ketones is 1. The number of nitriles is 1.